The highest BCUT2D eigenvalue weighted by atomic mass is 16.7. The summed E-state index contributed by atoms with van der Waals surface area (Å²) in [5.74, 6) is -1.20. The Hall–Kier alpha value is -1.34. The van der Waals surface area contributed by atoms with E-state index in [1.165, 1.54) is 5.57 Å². The van der Waals surface area contributed by atoms with E-state index in [1.807, 2.05) is 6.08 Å². The lowest BCUT2D eigenvalue weighted by Crippen LogP contribution is -2.40. The average molecular weight is 354 g/mol. The van der Waals surface area contributed by atoms with Crippen LogP contribution in [0.5, 0.6) is 0 Å². The number of carbonyl (C=O) groups excluding carboxylic acids is 2. The van der Waals surface area contributed by atoms with Crippen molar-refractivity contribution in [2.45, 2.75) is 91.5 Å². The van der Waals surface area contributed by atoms with Gasteiger partial charge >= 0.3 is 19.1 Å². The van der Waals surface area contributed by atoms with Crippen molar-refractivity contribution in [2.75, 3.05) is 0 Å². The van der Waals surface area contributed by atoms with Gasteiger partial charge in [0.25, 0.3) is 0 Å². The van der Waals surface area contributed by atoms with E-state index in [1.54, 1.807) is 27.7 Å². The van der Waals surface area contributed by atoms with E-state index in [4.69, 9.17) is 18.8 Å². The summed E-state index contributed by atoms with van der Waals surface area (Å²) in [7, 11) is -0.661. The SMILES string of the molecule is CCCC/C(C)=C/CB1O[C@H](C(=O)OC(C)C)[C@@H](C(=O)OC(C)C)O1. The second kappa shape index (κ2) is 10.6. The lowest BCUT2D eigenvalue weighted by Gasteiger charge is -2.18. The highest BCUT2D eigenvalue weighted by Crippen LogP contribution is 2.23. The first-order chi connectivity index (χ1) is 11.7. The number of hydrogen-bond acceptors (Lipinski definition) is 6. The molecule has 0 radical (unpaired) electrons. The largest absolute Gasteiger partial charge is 0.462 e. The molecule has 25 heavy (non-hydrogen) atoms. The summed E-state index contributed by atoms with van der Waals surface area (Å²) in [4.78, 5) is 24.5. The molecule has 0 aromatic heterocycles. The fourth-order valence-electron chi connectivity index (χ4n) is 2.43. The van der Waals surface area contributed by atoms with Gasteiger partial charge in [-0.2, -0.15) is 0 Å². The van der Waals surface area contributed by atoms with Gasteiger partial charge in [0.1, 0.15) is 0 Å². The summed E-state index contributed by atoms with van der Waals surface area (Å²) < 4.78 is 21.7. The molecule has 1 aliphatic heterocycles. The van der Waals surface area contributed by atoms with Gasteiger partial charge in [0.15, 0.2) is 12.2 Å². The summed E-state index contributed by atoms with van der Waals surface area (Å²) in [5, 5.41) is 0. The van der Waals surface area contributed by atoms with Crippen LogP contribution in [0.1, 0.15) is 60.8 Å². The van der Waals surface area contributed by atoms with Gasteiger partial charge in [-0.05, 0) is 47.5 Å². The first kappa shape index (κ1) is 21.7. The van der Waals surface area contributed by atoms with Crippen LogP contribution in [0.15, 0.2) is 11.6 Å². The molecule has 0 N–H and O–H groups in total. The van der Waals surface area contributed by atoms with E-state index in [9.17, 15) is 9.59 Å². The van der Waals surface area contributed by atoms with Gasteiger partial charge in [0.05, 0.1) is 12.2 Å². The Kier molecular flexibility index (Phi) is 9.21. The van der Waals surface area contributed by atoms with Gasteiger partial charge in [-0.15, -0.1) is 0 Å². The van der Waals surface area contributed by atoms with Crippen molar-refractivity contribution < 1.29 is 28.4 Å². The second-order valence-corrected chi connectivity index (χ2v) is 6.90. The minimum atomic E-state index is -1.09. The molecule has 7 heteroatoms. The molecule has 1 rings (SSSR count). The van der Waals surface area contributed by atoms with Crippen LogP contribution in [-0.2, 0) is 28.4 Å². The minimum Gasteiger partial charge on any atom is -0.461 e. The Morgan fingerprint density at radius 2 is 1.52 bits per heavy atom. The molecule has 0 aromatic rings. The van der Waals surface area contributed by atoms with Gasteiger partial charge in [-0.3, -0.25) is 0 Å². The van der Waals surface area contributed by atoms with Crippen molar-refractivity contribution in [2.24, 2.45) is 0 Å². The number of carbonyl (C=O) groups is 2. The molecular weight excluding hydrogens is 323 g/mol. The molecule has 0 aliphatic carbocycles. The number of ether oxygens (including phenoxy) is 2. The van der Waals surface area contributed by atoms with E-state index in [0.717, 1.165) is 19.3 Å². The molecule has 1 aliphatic rings. The van der Waals surface area contributed by atoms with E-state index >= 15 is 0 Å². The fourth-order valence-corrected chi connectivity index (χ4v) is 2.43. The number of unbranched alkanes of at least 4 members (excludes halogenated alkanes) is 1. The lowest BCUT2D eigenvalue weighted by molar-refractivity contribution is -0.167. The monoisotopic (exact) mass is 354 g/mol. The third kappa shape index (κ3) is 7.61. The second-order valence-electron chi connectivity index (χ2n) is 6.90. The quantitative estimate of drug-likeness (QED) is 0.359. The molecular formula is C18H31BO6. The maximum atomic E-state index is 12.2. The number of hydrogen-bond donors (Lipinski definition) is 0. The topological polar surface area (TPSA) is 71.1 Å². The summed E-state index contributed by atoms with van der Waals surface area (Å²) in [6.07, 6.45) is 3.00. The van der Waals surface area contributed by atoms with E-state index < -0.39 is 31.3 Å². The molecule has 1 saturated heterocycles. The zero-order chi connectivity index (χ0) is 19.0. The Morgan fingerprint density at radius 3 is 1.92 bits per heavy atom. The van der Waals surface area contributed by atoms with Crippen LogP contribution in [-0.4, -0.2) is 43.5 Å². The van der Waals surface area contributed by atoms with E-state index in [-0.39, 0.29) is 12.2 Å². The van der Waals surface area contributed by atoms with Gasteiger partial charge < -0.3 is 18.8 Å². The van der Waals surface area contributed by atoms with E-state index in [2.05, 4.69) is 13.8 Å². The maximum absolute atomic E-state index is 12.2. The molecule has 0 saturated carbocycles. The van der Waals surface area contributed by atoms with Crippen LogP contribution in [0.4, 0.5) is 0 Å². The Morgan fingerprint density at radius 1 is 1.04 bits per heavy atom. The molecule has 0 aromatic carbocycles. The fraction of sp³-hybridized carbons (Fsp3) is 0.778. The van der Waals surface area contributed by atoms with Crippen LogP contribution < -0.4 is 0 Å². The van der Waals surface area contributed by atoms with Crippen molar-refractivity contribution in [3.8, 4) is 0 Å². The normalized spacial score (nSPS) is 21.1. The highest BCUT2D eigenvalue weighted by molar-refractivity contribution is 6.46. The summed E-state index contributed by atoms with van der Waals surface area (Å²) in [6, 6.07) is 0. The number of esters is 2. The molecule has 1 heterocycles. The van der Waals surface area contributed by atoms with Crippen LogP contribution >= 0.6 is 0 Å². The predicted octanol–water partition coefficient (Wildman–Crippen LogP) is 3.30. The van der Waals surface area contributed by atoms with Crippen molar-refractivity contribution in [3.05, 3.63) is 11.6 Å². The Labute approximate surface area is 151 Å². The average Bonchev–Trinajstić information content (AvgIpc) is 2.94. The summed E-state index contributed by atoms with van der Waals surface area (Å²) in [6.45, 7) is 11.2. The van der Waals surface area contributed by atoms with Gasteiger partial charge in [0.2, 0.25) is 0 Å². The molecule has 142 valence electrons. The first-order valence-electron chi connectivity index (χ1n) is 9.12. The standard InChI is InChI=1S/C18H31BO6/c1-7-8-9-14(6)10-11-19-24-15(17(20)22-12(2)3)16(25-19)18(21)23-13(4)5/h10,12-13,15-16H,7-9,11H2,1-6H3/b14-10+/t15-,16-/m0/s1. The number of allylic oxidation sites excluding steroid dienone is 2. The maximum Gasteiger partial charge on any atom is 0.462 e. The third-order valence-corrected chi connectivity index (χ3v) is 3.62. The molecule has 0 spiro atoms. The summed E-state index contributed by atoms with van der Waals surface area (Å²) in [5.41, 5.74) is 1.24. The molecule has 6 nitrogen and oxygen atoms in total. The van der Waals surface area contributed by atoms with Crippen LogP contribution in [0.2, 0.25) is 6.32 Å². The van der Waals surface area contributed by atoms with Crippen molar-refractivity contribution in [1.82, 2.24) is 0 Å². The lowest BCUT2D eigenvalue weighted by atomic mass is 9.84. The zero-order valence-electron chi connectivity index (χ0n) is 16.2. The summed E-state index contributed by atoms with van der Waals surface area (Å²) >= 11 is 0. The smallest absolute Gasteiger partial charge is 0.461 e. The number of rotatable bonds is 9. The Balaban J connectivity index is 2.75. The van der Waals surface area contributed by atoms with Crippen molar-refractivity contribution >= 4 is 19.1 Å². The minimum absolute atomic E-state index is 0.298. The van der Waals surface area contributed by atoms with Crippen LogP contribution in [0.3, 0.4) is 0 Å². The van der Waals surface area contributed by atoms with Gasteiger partial charge in [-0.1, -0.05) is 25.0 Å². The van der Waals surface area contributed by atoms with Crippen LogP contribution in [0.25, 0.3) is 0 Å². The van der Waals surface area contributed by atoms with Crippen molar-refractivity contribution in [3.63, 3.8) is 0 Å². The highest BCUT2D eigenvalue weighted by Gasteiger charge is 2.49. The molecule has 0 amide bonds. The molecule has 2 atom stereocenters. The van der Waals surface area contributed by atoms with Crippen molar-refractivity contribution in [1.29, 1.82) is 0 Å². The molecule has 1 fully saturated rings. The zero-order valence-corrected chi connectivity index (χ0v) is 16.2. The predicted molar refractivity (Wildman–Crippen MR) is 96.0 cm³/mol. The first-order valence-corrected chi connectivity index (χ1v) is 9.12. The molecule has 0 unspecified atom stereocenters. The van der Waals surface area contributed by atoms with Gasteiger partial charge in [-0.25, -0.2) is 9.59 Å². The molecule has 0 bridgehead atoms. The third-order valence-electron chi connectivity index (χ3n) is 3.62. The van der Waals surface area contributed by atoms with Crippen LogP contribution in [0, 0.1) is 0 Å². The van der Waals surface area contributed by atoms with E-state index in [0.29, 0.717) is 6.32 Å². The van der Waals surface area contributed by atoms with Gasteiger partial charge in [0, 0.05) is 6.32 Å². The Bertz CT molecular complexity index is 444.